The van der Waals surface area contributed by atoms with Crippen molar-refractivity contribution in [3.8, 4) is 34.1 Å². The summed E-state index contributed by atoms with van der Waals surface area (Å²) in [5.74, 6) is 4.36. The Bertz CT molecular complexity index is 3990. The maximum atomic E-state index is 9.73. The fraction of sp³-hybridized carbons (Fsp3) is 0.583. The second kappa shape index (κ2) is 102. The molecule has 0 radical (unpaired) electrons. The highest BCUT2D eigenvalue weighted by Crippen LogP contribution is 2.38. The number of anilines is 6. The summed E-state index contributed by atoms with van der Waals surface area (Å²) in [6.07, 6.45) is 31.5. The summed E-state index contributed by atoms with van der Waals surface area (Å²) in [7, 11) is 1.93. The zero-order valence-corrected chi connectivity index (χ0v) is 93.3. The summed E-state index contributed by atoms with van der Waals surface area (Å²) in [4.78, 5) is 0. The molecule has 2 aliphatic rings. The van der Waals surface area contributed by atoms with Gasteiger partial charge in [0, 0.05) is 141 Å². The van der Waals surface area contributed by atoms with Crippen LogP contribution < -0.4 is 139 Å². The lowest BCUT2D eigenvalue weighted by molar-refractivity contribution is 0.0378. The quantitative estimate of drug-likeness (QED) is 0.0124. The van der Waals surface area contributed by atoms with Gasteiger partial charge in [-0.15, -0.1) is 0 Å². The third-order valence-electron chi connectivity index (χ3n) is 23.3. The van der Waals surface area contributed by atoms with E-state index in [1.165, 1.54) is 175 Å². The molecule has 8 aromatic rings. The number of phenolic OH excluding ortho intramolecular Hbond substituents is 2. The van der Waals surface area contributed by atoms with Crippen molar-refractivity contribution in [2.24, 2.45) is 51.6 Å². The van der Waals surface area contributed by atoms with Gasteiger partial charge in [-0.2, -0.15) is 11.8 Å². The normalized spacial score (nSPS) is 11.8. The molecule has 47 N–H and O–H groups in total. The van der Waals surface area contributed by atoms with E-state index in [1.54, 1.807) is 48.2 Å². The molecule has 35 heteroatoms. The lowest BCUT2D eigenvalue weighted by atomic mass is 10.0. The van der Waals surface area contributed by atoms with Gasteiger partial charge in [-0.3, -0.25) is 0 Å². The van der Waals surface area contributed by atoms with Gasteiger partial charge in [0.15, 0.2) is 0 Å². The third kappa shape index (κ3) is 81.1. The van der Waals surface area contributed by atoms with E-state index in [1.807, 2.05) is 116 Å². The number of rotatable bonds is 64. The second-order valence-corrected chi connectivity index (χ2v) is 38.5. The number of aliphatic hydroxyl groups excluding tert-OH is 6. The zero-order chi connectivity index (χ0) is 111. The van der Waals surface area contributed by atoms with E-state index in [-0.39, 0.29) is 39.6 Å². The Morgan fingerprint density at radius 1 is 0.373 bits per heavy atom. The predicted molar refractivity (Wildman–Crippen MR) is 640 cm³/mol. The molecule has 8 aromatic carbocycles. The maximum Gasteiger partial charge on any atom is 0.127 e. The number of phenols is 2. The molecular formula is C115H210N24O10S. The summed E-state index contributed by atoms with van der Waals surface area (Å²) >= 11 is 1.80. The Hall–Kier alpha value is -8.69. The maximum absolute atomic E-state index is 9.73. The molecule has 856 valence electrons. The molecule has 1 fully saturated rings. The standard InChI is InChI=1S/C26H40N2O2.C14H16N2.C14H32N2.C13H12N2.C12H12N2O.C11H26N2O6.C6H16N2O.C5H14N2.C4H12N2S.C4H10N2.C4H12N2.C2H8N2/c29-25-17-11-9-15-23(25)21-27-19-13-7-5-3-1-2-4-6-8-14-20-28-22-24-16-10-12-18-26(24)30;15-13-7-3-11(4-8-13)1-2-12-5-9-14(16)10-6-12;1-3-5-11-15-13-9-7-8-10-14-16-12-6-4-2;14-10-1-3-12-8(6-10)5-9-7-11(15)2-4-13(9)12;13-9-1-5-11(6-2-9)15-12-7-3-10(14)4-8-12;14-4-10(5-15,6-16)12-2-1-3-13-11(7-17,8-18)9-19;7-3-1-5-9-6-2-4-8;1-5(2)7-4-3-6;5-1-3-7-4-2-6;5-4-1-2-6-3-4;1-6-4-2-3-5;3-1-2-4/h9-12,15-18,27-30H,1-8,13-14,19-22H2;3-10H,1-2,15-16H2;15-16H,3-14H2,1-2H3;1-4,6-7H,5,14-15H2;1-8H,13-14H2;12-19H,1-9H2;1-8H2;5,7H,3-4,6H2,1-2H3;1-6H2;4,6H,1-3,5H2;6H,2-5H2,1H3;1-4H2. The minimum absolute atomic E-state index is 0.383. The van der Waals surface area contributed by atoms with Crippen LogP contribution in [0.25, 0.3) is 11.1 Å². The average Bonchev–Trinajstić information content (AvgIpc) is 1.63. The summed E-state index contributed by atoms with van der Waals surface area (Å²) in [6, 6.07) is 58.8. The van der Waals surface area contributed by atoms with Crippen LogP contribution in [-0.2, 0) is 37.1 Å². The molecule has 150 heavy (non-hydrogen) atoms. The van der Waals surface area contributed by atoms with Crippen LogP contribution >= 0.6 is 11.8 Å². The summed E-state index contributed by atoms with van der Waals surface area (Å²) in [6.45, 7) is 26.9. The Kier molecular flexibility index (Phi) is 97.6. The minimum Gasteiger partial charge on any atom is -0.508 e. The minimum atomic E-state index is -1.11. The van der Waals surface area contributed by atoms with Gasteiger partial charge in [-0.25, -0.2) is 0 Å². The number of thioether (sulfide) groups is 1. The van der Waals surface area contributed by atoms with E-state index in [0.717, 1.165) is 205 Å². The Labute approximate surface area is 907 Å². The number of hydrogen-bond donors (Lipinski definition) is 32. The van der Waals surface area contributed by atoms with Gasteiger partial charge in [0.25, 0.3) is 0 Å². The van der Waals surface area contributed by atoms with E-state index in [4.69, 9.17) is 126 Å². The third-order valence-corrected chi connectivity index (χ3v) is 24.4. The van der Waals surface area contributed by atoms with Crippen LogP contribution in [0.1, 0.15) is 209 Å². The highest BCUT2D eigenvalue weighted by molar-refractivity contribution is 7.99. The lowest BCUT2D eigenvalue weighted by Crippen LogP contribution is -2.57. The summed E-state index contributed by atoms with van der Waals surface area (Å²) in [5.41, 5.74) is 92.8. The molecule has 1 saturated heterocycles. The number of aryl methyl sites for hydroxylation is 2. The SMILES string of the molecule is CC(C)NCCN.CCCCNCCCCCCNCCCC.CNCCCN.NC1CCNC1.NCCCOCCCN.NCCN.NCCSCCN.Nc1ccc(CCc2ccc(N)cc2)cc1.Nc1ccc(Oc2ccc(N)cc2)cc1.Nc1ccc2c(c1)Cc1cc(N)ccc1-2.OCC(CO)(CO)NCCCNC(CO)(CO)CO.Oc1ccccc1CNCCCCCCCCCCCCNCc1ccccc1O. The first-order valence-corrected chi connectivity index (χ1v) is 55.9. The van der Waals surface area contributed by atoms with Gasteiger partial charge in [0.1, 0.15) is 23.0 Å². The van der Waals surface area contributed by atoms with E-state index in [2.05, 4.69) is 112 Å². The van der Waals surface area contributed by atoms with Crippen molar-refractivity contribution in [1.82, 2.24) is 47.9 Å². The van der Waals surface area contributed by atoms with Crippen LogP contribution in [-0.4, -0.2) is 266 Å². The number of hydrogen-bond acceptors (Lipinski definition) is 35. The molecule has 34 nitrogen and oxygen atoms in total. The first kappa shape index (κ1) is 143. The van der Waals surface area contributed by atoms with Gasteiger partial charge in [0.05, 0.1) is 50.7 Å². The molecule has 0 saturated carbocycles. The monoisotopic (exact) mass is 2120 g/mol. The van der Waals surface area contributed by atoms with Crippen LogP contribution in [0.15, 0.2) is 182 Å². The molecule has 10 rings (SSSR count). The van der Waals surface area contributed by atoms with E-state index >= 15 is 0 Å². The number of nitrogens with one attached hydrogen (secondary N) is 9. The fourth-order valence-electron chi connectivity index (χ4n) is 14.0. The number of unbranched alkanes of at least 4 members (excludes halogenated alkanes) is 14. The smallest absolute Gasteiger partial charge is 0.127 e. The molecule has 1 atom stereocenters. The first-order valence-electron chi connectivity index (χ1n) is 54.8. The molecule has 1 aliphatic carbocycles. The highest BCUT2D eigenvalue weighted by atomic mass is 32.2. The Morgan fingerprint density at radius 2 is 0.720 bits per heavy atom. The Morgan fingerprint density at radius 3 is 1.01 bits per heavy atom. The van der Waals surface area contributed by atoms with Crippen molar-refractivity contribution in [1.29, 1.82) is 0 Å². The molecule has 1 heterocycles. The first-order chi connectivity index (χ1) is 72.8. The van der Waals surface area contributed by atoms with Crippen molar-refractivity contribution < 1.29 is 50.3 Å². The van der Waals surface area contributed by atoms with Crippen molar-refractivity contribution in [3.63, 3.8) is 0 Å². The fourth-order valence-corrected chi connectivity index (χ4v) is 14.5. The van der Waals surface area contributed by atoms with Crippen LogP contribution in [0.5, 0.6) is 23.0 Å². The number of ether oxygens (including phenoxy) is 2. The van der Waals surface area contributed by atoms with Crippen molar-refractivity contribution in [3.05, 3.63) is 215 Å². The number of aliphatic hydroxyl groups is 6. The van der Waals surface area contributed by atoms with E-state index in [9.17, 15) is 10.2 Å². The molecule has 0 aromatic heterocycles. The van der Waals surface area contributed by atoms with Crippen LogP contribution in [0.3, 0.4) is 0 Å². The van der Waals surface area contributed by atoms with Gasteiger partial charge in [0.2, 0.25) is 0 Å². The van der Waals surface area contributed by atoms with Gasteiger partial charge in [-0.1, -0.05) is 178 Å². The second-order valence-electron chi connectivity index (χ2n) is 37.3. The number of nitrogens with two attached hydrogens (primary N) is 15. The molecule has 1 aliphatic heterocycles. The number of fused-ring (bicyclic) bond motifs is 3. The summed E-state index contributed by atoms with van der Waals surface area (Å²) < 4.78 is 10.7. The highest BCUT2D eigenvalue weighted by Gasteiger charge is 2.29. The van der Waals surface area contributed by atoms with Gasteiger partial charge >= 0.3 is 0 Å². The predicted octanol–water partition coefficient (Wildman–Crippen LogP) is 9.94. The lowest BCUT2D eigenvalue weighted by Gasteiger charge is -2.30. The van der Waals surface area contributed by atoms with E-state index in [0.29, 0.717) is 69.3 Å². The van der Waals surface area contributed by atoms with Crippen molar-refractivity contribution in [2.45, 2.75) is 231 Å². The summed E-state index contributed by atoms with van der Waals surface area (Å²) in [5, 5.41) is 103. The molecule has 0 amide bonds. The van der Waals surface area contributed by atoms with Crippen LogP contribution in [0.4, 0.5) is 34.1 Å². The number of para-hydroxylation sites is 2. The van der Waals surface area contributed by atoms with Crippen molar-refractivity contribution >= 4 is 45.9 Å². The van der Waals surface area contributed by atoms with Gasteiger partial charge < -0.3 is 184 Å². The number of nitrogen functional groups attached to an aromatic ring is 6. The van der Waals surface area contributed by atoms with Crippen LogP contribution in [0.2, 0.25) is 0 Å². The van der Waals surface area contributed by atoms with Crippen molar-refractivity contribution in [2.75, 3.05) is 237 Å². The number of benzene rings is 8. The average molecular weight is 2120 g/mol. The number of aromatic hydroxyl groups is 2. The molecule has 0 bridgehead atoms. The molecule has 1 unspecified atom stereocenters. The topological polar surface area (TPSA) is 679 Å². The largest absolute Gasteiger partial charge is 0.508 e. The Balaban J connectivity index is 0. The molecule has 0 spiro atoms. The van der Waals surface area contributed by atoms with Crippen LogP contribution in [0, 0.1) is 0 Å². The van der Waals surface area contributed by atoms with E-state index < -0.39 is 11.1 Å². The van der Waals surface area contributed by atoms with Gasteiger partial charge in [-0.05, 0) is 325 Å². The zero-order valence-electron chi connectivity index (χ0n) is 92.5. The molecular weight excluding hydrogens is 1910 g/mol.